The van der Waals surface area contributed by atoms with Crippen molar-refractivity contribution in [2.75, 3.05) is 20.2 Å². The number of pyridine rings is 1. The summed E-state index contributed by atoms with van der Waals surface area (Å²) in [5, 5.41) is 0. The predicted octanol–water partition coefficient (Wildman–Crippen LogP) is 3.05. The number of nitrogens with zero attached hydrogens (tertiary/aromatic N) is 3. The molecule has 1 aromatic heterocycles. The van der Waals surface area contributed by atoms with Gasteiger partial charge in [0.2, 0.25) is 11.8 Å². The quantitative estimate of drug-likeness (QED) is 0.740. The van der Waals surface area contributed by atoms with Gasteiger partial charge in [0.15, 0.2) is 0 Å². The second-order valence-corrected chi connectivity index (χ2v) is 6.89. The Morgan fingerprint density at radius 2 is 1.93 bits per heavy atom. The third-order valence-corrected chi connectivity index (χ3v) is 5.36. The monoisotopic (exact) mass is 381 g/mol. The fourth-order valence-corrected chi connectivity index (χ4v) is 3.97. The first-order chi connectivity index (χ1) is 13.6. The highest BCUT2D eigenvalue weighted by molar-refractivity contribution is 5.90. The van der Waals surface area contributed by atoms with E-state index in [1.807, 2.05) is 55.1 Å². The average Bonchev–Trinajstić information content (AvgIpc) is 3.08. The zero-order chi connectivity index (χ0) is 20.1. The van der Waals surface area contributed by atoms with Gasteiger partial charge in [-0.15, -0.1) is 0 Å². The van der Waals surface area contributed by atoms with Gasteiger partial charge in [-0.3, -0.25) is 14.6 Å². The van der Waals surface area contributed by atoms with E-state index in [4.69, 9.17) is 4.74 Å². The van der Waals surface area contributed by atoms with Gasteiger partial charge in [0.25, 0.3) is 0 Å². The molecule has 3 rings (SSSR count). The van der Waals surface area contributed by atoms with Crippen molar-refractivity contribution in [1.29, 1.82) is 0 Å². The van der Waals surface area contributed by atoms with Crippen LogP contribution in [0.4, 0.5) is 0 Å². The maximum atomic E-state index is 13.5. The summed E-state index contributed by atoms with van der Waals surface area (Å²) in [7, 11) is 1.62. The Labute approximate surface area is 166 Å². The van der Waals surface area contributed by atoms with Crippen molar-refractivity contribution in [1.82, 2.24) is 14.8 Å². The van der Waals surface area contributed by atoms with Crippen LogP contribution in [0.25, 0.3) is 0 Å². The summed E-state index contributed by atoms with van der Waals surface area (Å²) >= 11 is 0. The molecule has 1 aliphatic rings. The first-order valence-corrected chi connectivity index (χ1v) is 9.70. The number of ether oxygens (including phenoxy) is 1. The van der Waals surface area contributed by atoms with Crippen LogP contribution in [0.1, 0.15) is 37.4 Å². The summed E-state index contributed by atoms with van der Waals surface area (Å²) in [6.45, 7) is 5.55. The van der Waals surface area contributed by atoms with E-state index >= 15 is 0 Å². The third-order valence-electron chi connectivity index (χ3n) is 5.36. The van der Waals surface area contributed by atoms with E-state index in [0.29, 0.717) is 25.4 Å². The lowest BCUT2D eigenvalue weighted by molar-refractivity contribution is -0.137. The molecule has 0 spiro atoms. The molecule has 6 heteroatoms. The van der Waals surface area contributed by atoms with Crippen molar-refractivity contribution < 1.29 is 14.3 Å². The van der Waals surface area contributed by atoms with Crippen molar-refractivity contribution in [3.8, 4) is 5.75 Å². The van der Waals surface area contributed by atoms with Gasteiger partial charge < -0.3 is 14.5 Å². The molecule has 0 N–H and O–H groups in total. The molecule has 0 radical (unpaired) electrons. The minimum absolute atomic E-state index is 0.000446. The van der Waals surface area contributed by atoms with Gasteiger partial charge in [-0.1, -0.05) is 18.2 Å². The highest BCUT2D eigenvalue weighted by atomic mass is 16.5. The number of para-hydroxylation sites is 1. The molecule has 1 saturated heterocycles. The average molecular weight is 381 g/mol. The molecule has 0 unspecified atom stereocenters. The van der Waals surface area contributed by atoms with E-state index in [1.165, 1.54) is 0 Å². The largest absolute Gasteiger partial charge is 0.496 e. The second kappa shape index (κ2) is 8.87. The molecule has 2 aromatic rings. The van der Waals surface area contributed by atoms with Crippen LogP contribution in [0.2, 0.25) is 0 Å². The van der Waals surface area contributed by atoms with Crippen LogP contribution in [-0.2, 0) is 16.1 Å². The molecule has 1 fully saturated rings. The summed E-state index contributed by atoms with van der Waals surface area (Å²) in [4.78, 5) is 33.8. The Morgan fingerprint density at radius 1 is 1.21 bits per heavy atom. The summed E-state index contributed by atoms with van der Waals surface area (Å²) in [6.07, 6.45) is 3.68. The number of benzene rings is 1. The Balaban J connectivity index is 1.93. The Bertz CT molecular complexity index is 825. The topological polar surface area (TPSA) is 62.7 Å². The van der Waals surface area contributed by atoms with Crippen LogP contribution in [0.15, 0.2) is 48.8 Å². The molecule has 0 aliphatic carbocycles. The van der Waals surface area contributed by atoms with Gasteiger partial charge in [0, 0.05) is 44.0 Å². The Hall–Kier alpha value is -2.89. The molecular formula is C22H27N3O3. The Kier molecular flexibility index (Phi) is 6.29. The van der Waals surface area contributed by atoms with E-state index < -0.39 is 5.92 Å². The van der Waals surface area contributed by atoms with E-state index in [-0.39, 0.29) is 24.3 Å². The third kappa shape index (κ3) is 3.86. The number of amides is 2. The normalized spacial score (nSPS) is 19.0. The predicted molar refractivity (Wildman–Crippen MR) is 107 cm³/mol. The summed E-state index contributed by atoms with van der Waals surface area (Å²) in [6, 6.07) is 11.1. The first-order valence-electron chi connectivity index (χ1n) is 9.70. The smallest absolute Gasteiger partial charge is 0.228 e. The lowest BCUT2D eigenvalue weighted by Crippen LogP contribution is -2.38. The minimum Gasteiger partial charge on any atom is -0.496 e. The zero-order valence-electron chi connectivity index (χ0n) is 16.7. The number of likely N-dealkylation sites (tertiary alicyclic amines) is 1. The van der Waals surface area contributed by atoms with Gasteiger partial charge in [-0.05, 0) is 37.6 Å². The highest BCUT2D eigenvalue weighted by Gasteiger charge is 2.46. The lowest BCUT2D eigenvalue weighted by atomic mass is 9.91. The van der Waals surface area contributed by atoms with E-state index in [2.05, 4.69) is 4.98 Å². The van der Waals surface area contributed by atoms with Crippen molar-refractivity contribution in [2.24, 2.45) is 5.92 Å². The van der Waals surface area contributed by atoms with Crippen LogP contribution >= 0.6 is 0 Å². The van der Waals surface area contributed by atoms with Crippen LogP contribution < -0.4 is 4.74 Å². The van der Waals surface area contributed by atoms with Crippen LogP contribution in [0.5, 0.6) is 5.75 Å². The molecular weight excluding hydrogens is 354 g/mol. The van der Waals surface area contributed by atoms with E-state index in [9.17, 15) is 9.59 Å². The second-order valence-electron chi connectivity index (χ2n) is 6.89. The molecule has 1 aliphatic heterocycles. The Morgan fingerprint density at radius 3 is 2.57 bits per heavy atom. The van der Waals surface area contributed by atoms with Gasteiger partial charge in [-0.2, -0.15) is 0 Å². The molecule has 6 nitrogen and oxygen atoms in total. The number of methoxy groups -OCH3 is 1. The highest BCUT2D eigenvalue weighted by Crippen LogP contribution is 2.42. The maximum absolute atomic E-state index is 13.5. The van der Waals surface area contributed by atoms with Crippen molar-refractivity contribution in [3.63, 3.8) is 0 Å². The van der Waals surface area contributed by atoms with E-state index in [1.54, 1.807) is 24.4 Å². The maximum Gasteiger partial charge on any atom is 0.228 e. The molecule has 2 amide bonds. The molecule has 148 valence electrons. The number of rotatable bonds is 7. The molecule has 2 atom stereocenters. The molecule has 1 aromatic carbocycles. The van der Waals surface area contributed by atoms with Crippen LogP contribution in [0.3, 0.4) is 0 Å². The molecule has 2 heterocycles. The van der Waals surface area contributed by atoms with Crippen molar-refractivity contribution in [2.45, 2.75) is 32.9 Å². The molecule has 0 bridgehead atoms. The van der Waals surface area contributed by atoms with Crippen LogP contribution in [0, 0.1) is 5.92 Å². The minimum atomic E-state index is -0.425. The van der Waals surface area contributed by atoms with Gasteiger partial charge >= 0.3 is 0 Å². The molecule has 28 heavy (non-hydrogen) atoms. The number of carbonyl (C=O) groups excluding carboxylic acids is 2. The summed E-state index contributed by atoms with van der Waals surface area (Å²) < 4.78 is 5.53. The van der Waals surface area contributed by atoms with Gasteiger partial charge in [0.05, 0.1) is 19.1 Å². The lowest BCUT2D eigenvalue weighted by Gasteiger charge is -2.31. The fourth-order valence-electron chi connectivity index (χ4n) is 3.97. The number of hydrogen-bond acceptors (Lipinski definition) is 4. The zero-order valence-corrected chi connectivity index (χ0v) is 16.7. The van der Waals surface area contributed by atoms with Gasteiger partial charge in [-0.25, -0.2) is 0 Å². The number of hydrogen-bond donors (Lipinski definition) is 0. The summed E-state index contributed by atoms with van der Waals surface area (Å²) in [5.41, 5.74) is 1.91. The first kappa shape index (κ1) is 19.9. The fraction of sp³-hybridized carbons (Fsp3) is 0.409. The molecule has 0 saturated carbocycles. The standard InChI is InChI=1S/C22H27N3O3/c1-4-24(15-16-10-12-23-13-11-16)22(27)18-14-20(26)25(5-2)21(18)17-8-6-7-9-19(17)28-3/h6-13,18,21H,4-5,14-15H2,1-3H3/t18-,21+/m1/s1. The van der Waals surface area contributed by atoms with Gasteiger partial charge in [0.1, 0.15) is 5.75 Å². The van der Waals surface area contributed by atoms with Crippen molar-refractivity contribution >= 4 is 11.8 Å². The van der Waals surface area contributed by atoms with E-state index in [0.717, 1.165) is 11.1 Å². The number of carbonyl (C=O) groups is 2. The number of aromatic nitrogens is 1. The van der Waals surface area contributed by atoms with Crippen molar-refractivity contribution in [3.05, 3.63) is 59.9 Å². The van der Waals surface area contributed by atoms with Crippen LogP contribution in [-0.4, -0.2) is 46.8 Å². The summed E-state index contributed by atoms with van der Waals surface area (Å²) in [5.74, 6) is 0.289. The SMILES string of the molecule is CCN(Cc1ccncc1)C(=O)[C@@H]1CC(=O)N(CC)[C@H]1c1ccccc1OC.